The molecule has 1 aliphatic rings. The number of aliphatic hydroxyl groups is 1. The van der Waals surface area contributed by atoms with E-state index in [4.69, 9.17) is 5.11 Å². The first-order chi connectivity index (χ1) is 8.79. The van der Waals surface area contributed by atoms with Gasteiger partial charge in [0.1, 0.15) is 0 Å². The lowest BCUT2D eigenvalue weighted by molar-refractivity contribution is -0.132. The van der Waals surface area contributed by atoms with E-state index in [1.807, 2.05) is 35.2 Å². The number of rotatable bonds is 4. The summed E-state index contributed by atoms with van der Waals surface area (Å²) < 4.78 is 0. The Morgan fingerprint density at radius 1 is 1.33 bits per heavy atom. The molecule has 3 heteroatoms. The van der Waals surface area contributed by atoms with Crippen molar-refractivity contribution in [3.05, 3.63) is 35.9 Å². The van der Waals surface area contributed by atoms with Crippen LogP contribution >= 0.6 is 0 Å². The Morgan fingerprint density at radius 3 is 2.83 bits per heavy atom. The van der Waals surface area contributed by atoms with Crippen molar-refractivity contribution in [2.45, 2.75) is 25.7 Å². The molecular weight excluding hydrogens is 226 g/mol. The van der Waals surface area contributed by atoms with E-state index >= 15 is 0 Å². The molecule has 0 aromatic heterocycles. The first-order valence-electron chi connectivity index (χ1n) is 6.72. The van der Waals surface area contributed by atoms with Crippen LogP contribution in [0.2, 0.25) is 0 Å². The van der Waals surface area contributed by atoms with Gasteiger partial charge in [0, 0.05) is 19.7 Å². The molecule has 1 fully saturated rings. The average molecular weight is 247 g/mol. The smallest absolute Gasteiger partial charge is 0.226 e. The minimum Gasteiger partial charge on any atom is -0.396 e. The molecular formula is C15H21NO2. The van der Waals surface area contributed by atoms with Crippen LogP contribution in [0.25, 0.3) is 0 Å². The predicted octanol–water partition coefficient (Wildman–Crippen LogP) is 1.85. The van der Waals surface area contributed by atoms with Crippen molar-refractivity contribution in [3.8, 4) is 0 Å². The minimum atomic E-state index is 0.212. The Hall–Kier alpha value is -1.35. The van der Waals surface area contributed by atoms with E-state index in [1.54, 1.807) is 0 Å². The maximum Gasteiger partial charge on any atom is 0.226 e. The first kappa shape index (κ1) is 13.1. The van der Waals surface area contributed by atoms with E-state index in [0.29, 0.717) is 12.3 Å². The van der Waals surface area contributed by atoms with Crippen LogP contribution in [0.15, 0.2) is 30.3 Å². The van der Waals surface area contributed by atoms with Gasteiger partial charge in [-0.05, 0) is 30.7 Å². The second-order valence-electron chi connectivity index (χ2n) is 5.02. The number of piperidine rings is 1. The van der Waals surface area contributed by atoms with Gasteiger partial charge in [0.2, 0.25) is 5.91 Å². The largest absolute Gasteiger partial charge is 0.396 e. The van der Waals surface area contributed by atoms with E-state index in [-0.39, 0.29) is 12.5 Å². The molecule has 1 N–H and O–H groups in total. The summed E-state index contributed by atoms with van der Waals surface area (Å²) in [5.41, 5.74) is 1.08. The van der Waals surface area contributed by atoms with E-state index in [9.17, 15) is 4.79 Å². The number of amides is 1. The van der Waals surface area contributed by atoms with Gasteiger partial charge in [0.05, 0.1) is 6.42 Å². The molecule has 2 rings (SSSR count). The van der Waals surface area contributed by atoms with Crippen molar-refractivity contribution in [1.29, 1.82) is 0 Å². The second kappa shape index (κ2) is 6.55. The lowest BCUT2D eigenvalue weighted by Gasteiger charge is -2.32. The van der Waals surface area contributed by atoms with Crippen molar-refractivity contribution in [2.75, 3.05) is 19.7 Å². The van der Waals surface area contributed by atoms with Crippen LogP contribution in [-0.2, 0) is 11.2 Å². The molecule has 1 amide bonds. The summed E-state index contributed by atoms with van der Waals surface area (Å²) in [6.45, 7) is 1.91. The third-order valence-electron chi connectivity index (χ3n) is 3.61. The highest BCUT2D eigenvalue weighted by molar-refractivity contribution is 5.78. The molecule has 1 aromatic carbocycles. The van der Waals surface area contributed by atoms with E-state index in [1.165, 1.54) is 0 Å². The van der Waals surface area contributed by atoms with Crippen LogP contribution < -0.4 is 0 Å². The van der Waals surface area contributed by atoms with Gasteiger partial charge in [-0.1, -0.05) is 30.3 Å². The maximum atomic E-state index is 12.2. The van der Waals surface area contributed by atoms with Crippen molar-refractivity contribution in [2.24, 2.45) is 5.92 Å². The van der Waals surface area contributed by atoms with E-state index in [2.05, 4.69) is 0 Å². The average Bonchev–Trinajstić information content (AvgIpc) is 2.40. The number of likely N-dealkylation sites (tertiary alicyclic amines) is 1. The first-order valence-corrected chi connectivity index (χ1v) is 6.72. The highest BCUT2D eigenvalue weighted by Crippen LogP contribution is 2.20. The fraction of sp³-hybridized carbons (Fsp3) is 0.533. The van der Waals surface area contributed by atoms with Crippen molar-refractivity contribution < 1.29 is 9.90 Å². The number of benzene rings is 1. The molecule has 1 aromatic rings. The van der Waals surface area contributed by atoms with Gasteiger partial charge < -0.3 is 10.0 Å². The zero-order valence-electron chi connectivity index (χ0n) is 10.7. The molecule has 0 bridgehead atoms. The van der Waals surface area contributed by atoms with Gasteiger partial charge in [-0.15, -0.1) is 0 Å². The molecule has 1 atom stereocenters. The second-order valence-corrected chi connectivity index (χ2v) is 5.02. The number of hydrogen-bond acceptors (Lipinski definition) is 2. The standard InChI is InChI=1S/C15H21NO2/c17-10-8-14-7-4-9-16(12-14)15(18)11-13-5-2-1-3-6-13/h1-3,5-6,14,17H,4,7-12H2. The molecule has 1 saturated heterocycles. The maximum absolute atomic E-state index is 12.2. The van der Waals surface area contributed by atoms with Gasteiger partial charge in [0.25, 0.3) is 0 Å². The summed E-state index contributed by atoms with van der Waals surface area (Å²) in [5.74, 6) is 0.687. The highest BCUT2D eigenvalue weighted by atomic mass is 16.3. The Morgan fingerprint density at radius 2 is 2.11 bits per heavy atom. The fourth-order valence-corrected chi connectivity index (χ4v) is 2.59. The molecule has 1 unspecified atom stereocenters. The van der Waals surface area contributed by atoms with Crippen LogP contribution in [0, 0.1) is 5.92 Å². The fourth-order valence-electron chi connectivity index (χ4n) is 2.59. The molecule has 3 nitrogen and oxygen atoms in total. The Balaban J connectivity index is 1.88. The Kier molecular flexibility index (Phi) is 4.76. The minimum absolute atomic E-state index is 0.212. The lowest BCUT2D eigenvalue weighted by atomic mass is 9.95. The van der Waals surface area contributed by atoms with E-state index < -0.39 is 0 Å². The summed E-state index contributed by atoms with van der Waals surface area (Å²) in [6, 6.07) is 9.88. The summed E-state index contributed by atoms with van der Waals surface area (Å²) in [5, 5.41) is 8.98. The molecule has 0 spiro atoms. The lowest BCUT2D eigenvalue weighted by Crippen LogP contribution is -2.40. The number of aliphatic hydroxyl groups excluding tert-OH is 1. The van der Waals surface area contributed by atoms with Gasteiger partial charge in [0.15, 0.2) is 0 Å². The van der Waals surface area contributed by atoms with Gasteiger partial charge in [-0.3, -0.25) is 4.79 Å². The van der Waals surface area contributed by atoms with E-state index in [0.717, 1.165) is 37.9 Å². The van der Waals surface area contributed by atoms with Crippen molar-refractivity contribution >= 4 is 5.91 Å². The third-order valence-corrected chi connectivity index (χ3v) is 3.61. The van der Waals surface area contributed by atoms with Gasteiger partial charge >= 0.3 is 0 Å². The summed E-state index contributed by atoms with van der Waals surface area (Å²) in [6.07, 6.45) is 3.50. The molecule has 0 radical (unpaired) electrons. The van der Waals surface area contributed by atoms with Crippen LogP contribution in [-0.4, -0.2) is 35.6 Å². The normalized spacial score (nSPS) is 19.8. The third kappa shape index (κ3) is 3.57. The predicted molar refractivity (Wildman–Crippen MR) is 71.2 cm³/mol. The molecule has 1 heterocycles. The quantitative estimate of drug-likeness (QED) is 0.882. The molecule has 98 valence electrons. The summed E-state index contributed by atoms with van der Waals surface area (Å²) >= 11 is 0. The number of hydrogen-bond donors (Lipinski definition) is 1. The topological polar surface area (TPSA) is 40.5 Å². The molecule has 0 saturated carbocycles. The Labute approximate surface area is 108 Å². The zero-order valence-corrected chi connectivity index (χ0v) is 10.7. The number of nitrogens with zero attached hydrogens (tertiary/aromatic N) is 1. The Bertz CT molecular complexity index is 375. The summed E-state index contributed by atoms with van der Waals surface area (Å²) in [7, 11) is 0. The molecule has 0 aliphatic carbocycles. The van der Waals surface area contributed by atoms with Gasteiger partial charge in [-0.2, -0.15) is 0 Å². The SMILES string of the molecule is O=C(Cc1ccccc1)N1CCCC(CCO)C1. The van der Waals surface area contributed by atoms with Crippen molar-refractivity contribution in [3.63, 3.8) is 0 Å². The van der Waals surface area contributed by atoms with Crippen LogP contribution in [0.4, 0.5) is 0 Å². The summed E-state index contributed by atoms with van der Waals surface area (Å²) in [4.78, 5) is 14.1. The monoisotopic (exact) mass is 247 g/mol. The number of carbonyl (C=O) groups is 1. The highest BCUT2D eigenvalue weighted by Gasteiger charge is 2.23. The van der Waals surface area contributed by atoms with Gasteiger partial charge in [-0.25, -0.2) is 0 Å². The zero-order chi connectivity index (χ0) is 12.8. The van der Waals surface area contributed by atoms with Crippen LogP contribution in [0.5, 0.6) is 0 Å². The molecule has 18 heavy (non-hydrogen) atoms. The number of carbonyl (C=O) groups excluding carboxylic acids is 1. The van der Waals surface area contributed by atoms with Crippen LogP contribution in [0.3, 0.4) is 0 Å². The van der Waals surface area contributed by atoms with Crippen molar-refractivity contribution in [1.82, 2.24) is 4.90 Å². The van der Waals surface area contributed by atoms with Crippen LogP contribution in [0.1, 0.15) is 24.8 Å². The molecule has 1 aliphatic heterocycles.